The van der Waals surface area contributed by atoms with Crippen molar-refractivity contribution in [2.75, 3.05) is 18.8 Å². The monoisotopic (exact) mass is 319 g/mol. The summed E-state index contributed by atoms with van der Waals surface area (Å²) in [5, 5.41) is 0. The van der Waals surface area contributed by atoms with Crippen LogP contribution in [0.2, 0.25) is 0 Å². The number of sulfone groups is 1. The third-order valence-electron chi connectivity index (χ3n) is 4.32. The fraction of sp³-hybridized carbons (Fsp3) is 0.438. The molecule has 0 saturated carbocycles. The molecular formula is C16H21N3O2S. The molecule has 1 aliphatic rings. The van der Waals surface area contributed by atoms with Crippen molar-refractivity contribution >= 4 is 9.84 Å². The lowest BCUT2D eigenvalue weighted by molar-refractivity contribution is 0.227. The second kappa shape index (κ2) is 5.85. The van der Waals surface area contributed by atoms with Crippen LogP contribution >= 0.6 is 0 Å². The van der Waals surface area contributed by atoms with E-state index in [9.17, 15) is 8.42 Å². The van der Waals surface area contributed by atoms with E-state index in [0.29, 0.717) is 11.4 Å². The summed E-state index contributed by atoms with van der Waals surface area (Å²) in [6, 6.07) is 8.66. The second-order valence-electron chi connectivity index (χ2n) is 5.76. The lowest BCUT2D eigenvalue weighted by Gasteiger charge is -2.28. The Labute approximate surface area is 131 Å². The molecule has 1 aromatic heterocycles. The molecule has 0 aliphatic carbocycles. The van der Waals surface area contributed by atoms with E-state index in [1.165, 1.54) is 5.69 Å². The smallest absolute Gasteiger partial charge is 0.179 e. The van der Waals surface area contributed by atoms with E-state index in [2.05, 4.69) is 21.4 Å². The number of benzene rings is 1. The topological polar surface area (TPSA) is 55.2 Å². The SMILES string of the molecule is Cc1nc2n(c1C)CCN(CCS(=O)(=O)c1ccccc1)C2. The molecule has 0 bridgehead atoms. The Morgan fingerprint density at radius 1 is 1.14 bits per heavy atom. The average molecular weight is 319 g/mol. The molecule has 0 unspecified atom stereocenters. The van der Waals surface area contributed by atoms with Gasteiger partial charge in [-0.2, -0.15) is 0 Å². The molecule has 0 saturated heterocycles. The molecule has 0 spiro atoms. The molecule has 0 amide bonds. The summed E-state index contributed by atoms with van der Waals surface area (Å²) in [6.45, 7) is 7.12. The zero-order valence-corrected chi connectivity index (χ0v) is 13.8. The van der Waals surface area contributed by atoms with Crippen LogP contribution in [0.25, 0.3) is 0 Å². The molecule has 2 heterocycles. The van der Waals surface area contributed by atoms with Crippen molar-refractivity contribution in [2.45, 2.75) is 31.8 Å². The van der Waals surface area contributed by atoms with E-state index < -0.39 is 9.84 Å². The minimum absolute atomic E-state index is 0.148. The van der Waals surface area contributed by atoms with Gasteiger partial charge in [0, 0.05) is 25.3 Å². The molecule has 0 radical (unpaired) electrons. The van der Waals surface area contributed by atoms with Crippen LogP contribution in [0.1, 0.15) is 17.2 Å². The summed E-state index contributed by atoms with van der Waals surface area (Å²) in [5.41, 5.74) is 2.28. The first-order valence-electron chi connectivity index (χ1n) is 7.50. The number of imidazole rings is 1. The zero-order valence-electron chi connectivity index (χ0n) is 13.0. The van der Waals surface area contributed by atoms with Crippen LogP contribution in [0.15, 0.2) is 35.2 Å². The molecule has 118 valence electrons. The standard InChI is InChI=1S/C16H21N3O2S/c1-13-14(2)19-9-8-18(12-16(19)17-13)10-11-22(20,21)15-6-4-3-5-7-15/h3-7H,8-12H2,1-2H3. The molecule has 6 heteroatoms. The van der Waals surface area contributed by atoms with Gasteiger partial charge in [0.25, 0.3) is 0 Å². The Morgan fingerprint density at radius 3 is 2.59 bits per heavy atom. The maximum absolute atomic E-state index is 12.3. The number of rotatable bonds is 4. The van der Waals surface area contributed by atoms with E-state index in [1.807, 2.05) is 13.0 Å². The van der Waals surface area contributed by atoms with Crippen molar-refractivity contribution in [3.63, 3.8) is 0 Å². The van der Waals surface area contributed by atoms with Gasteiger partial charge in [0.2, 0.25) is 0 Å². The van der Waals surface area contributed by atoms with Crippen LogP contribution in [0.3, 0.4) is 0 Å². The van der Waals surface area contributed by atoms with Gasteiger partial charge in [-0.05, 0) is 26.0 Å². The van der Waals surface area contributed by atoms with Crippen molar-refractivity contribution in [3.05, 3.63) is 47.5 Å². The molecule has 1 aromatic carbocycles. The van der Waals surface area contributed by atoms with Crippen LogP contribution in [0, 0.1) is 13.8 Å². The molecular weight excluding hydrogens is 298 g/mol. The summed E-state index contributed by atoms with van der Waals surface area (Å²) < 4.78 is 26.9. The average Bonchev–Trinajstić information content (AvgIpc) is 2.81. The largest absolute Gasteiger partial charge is 0.330 e. The van der Waals surface area contributed by atoms with Crippen molar-refractivity contribution in [1.82, 2.24) is 14.5 Å². The Morgan fingerprint density at radius 2 is 1.86 bits per heavy atom. The highest BCUT2D eigenvalue weighted by atomic mass is 32.2. The third-order valence-corrected chi connectivity index (χ3v) is 6.03. The number of hydrogen-bond donors (Lipinski definition) is 0. The minimum Gasteiger partial charge on any atom is -0.330 e. The summed E-state index contributed by atoms with van der Waals surface area (Å²) >= 11 is 0. The molecule has 0 fully saturated rings. The highest BCUT2D eigenvalue weighted by Gasteiger charge is 2.22. The first kappa shape index (κ1) is 15.2. The number of aromatic nitrogens is 2. The van der Waals surface area contributed by atoms with Gasteiger partial charge in [-0.25, -0.2) is 13.4 Å². The third kappa shape index (κ3) is 2.94. The molecule has 0 atom stereocenters. The van der Waals surface area contributed by atoms with Crippen molar-refractivity contribution in [2.24, 2.45) is 0 Å². The number of aryl methyl sites for hydroxylation is 1. The Hall–Kier alpha value is -1.66. The Balaban J connectivity index is 1.66. The first-order chi connectivity index (χ1) is 10.5. The van der Waals surface area contributed by atoms with Gasteiger partial charge in [0.1, 0.15) is 5.82 Å². The van der Waals surface area contributed by atoms with E-state index >= 15 is 0 Å². The predicted molar refractivity (Wildman–Crippen MR) is 85.5 cm³/mol. The van der Waals surface area contributed by atoms with E-state index in [1.54, 1.807) is 24.3 Å². The maximum atomic E-state index is 12.3. The van der Waals surface area contributed by atoms with E-state index in [4.69, 9.17) is 0 Å². The second-order valence-corrected chi connectivity index (χ2v) is 7.87. The van der Waals surface area contributed by atoms with Crippen LogP contribution in [0.4, 0.5) is 0 Å². The van der Waals surface area contributed by atoms with Gasteiger partial charge in [-0.15, -0.1) is 0 Å². The molecule has 0 N–H and O–H groups in total. The van der Waals surface area contributed by atoms with Crippen LogP contribution in [-0.4, -0.2) is 41.7 Å². The zero-order chi connectivity index (χ0) is 15.7. The fourth-order valence-electron chi connectivity index (χ4n) is 2.85. The maximum Gasteiger partial charge on any atom is 0.179 e. The van der Waals surface area contributed by atoms with Crippen LogP contribution < -0.4 is 0 Å². The van der Waals surface area contributed by atoms with Crippen molar-refractivity contribution in [1.29, 1.82) is 0 Å². The van der Waals surface area contributed by atoms with Crippen molar-refractivity contribution < 1.29 is 8.42 Å². The Kier molecular flexibility index (Phi) is 4.06. The molecule has 5 nitrogen and oxygen atoms in total. The summed E-state index contributed by atoms with van der Waals surface area (Å²) in [5.74, 6) is 1.19. The van der Waals surface area contributed by atoms with Crippen LogP contribution in [-0.2, 0) is 22.9 Å². The molecule has 1 aliphatic heterocycles. The van der Waals surface area contributed by atoms with Gasteiger partial charge in [0.15, 0.2) is 9.84 Å². The minimum atomic E-state index is -3.21. The molecule has 2 aromatic rings. The number of nitrogens with zero attached hydrogens (tertiary/aromatic N) is 3. The summed E-state index contributed by atoms with van der Waals surface area (Å²) in [7, 11) is -3.21. The highest BCUT2D eigenvalue weighted by Crippen LogP contribution is 2.17. The van der Waals surface area contributed by atoms with Gasteiger partial charge >= 0.3 is 0 Å². The summed E-state index contributed by atoms with van der Waals surface area (Å²) in [4.78, 5) is 7.15. The normalized spacial score (nSPS) is 15.7. The van der Waals surface area contributed by atoms with Crippen LogP contribution in [0.5, 0.6) is 0 Å². The quantitative estimate of drug-likeness (QED) is 0.862. The number of fused-ring (bicyclic) bond motifs is 1. The first-order valence-corrected chi connectivity index (χ1v) is 9.15. The van der Waals surface area contributed by atoms with Gasteiger partial charge < -0.3 is 4.57 Å². The van der Waals surface area contributed by atoms with E-state index in [-0.39, 0.29) is 5.75 Å². The van der Waals surface area contributed by atoms with Gasteiger partial charge in [0.05, 0.1) is 22.9 Å². The highest BCUT2D eigenvalue weighted by molar-refractivity contribution is 7.91. The summed E-state index contributed by atoms with van der Waals surface area (Å²) in [6.07, 6.45) is 0. The van der Waals surface area contributed by atoms with Gasteiger partial charge in [-0.3, -0.25) is 4.90 Å². The van der Waals surface area contributed by atoms with E-state index in [0.717, 1.165) is 31.2 Å². The Bertz CT molecular complexity index is 766. The molecule has 3 rings (SSSR count). The predicted octanol–water partition coefficient (Wildman–Crippen LogP) is 1.79. The lowest BCUT2D eigenvalue weighted by atomic mass is 10.3. The number of hydrogen-bond acceptors (Lipinski definition) is 4. The lowest BCUT2D eigenvalue weighted by Crippen LogP contribution is -2.37. The van der Waals surface area contributed by atoms with Crippen molar-refractivity contribution in [3.8, 4) is 0 Å². The fourth-order valence-corrected chi connectivity index (χ4v) is 4.15. The van der Waals surface area contributed by atoms with Gasteiger partial charge in [-0.1, -0.05) is 18.2 Å². The molecule has 22 heavy (non-hydrogen) atoms.